The molecule has 0 bridgehead atoms. The van der Waals surface area contributed by atoms with Gasteiger partial charge in [-0.25, -0.2) is 9.67 Å². The normalized spacial score (nSPS) is 10.8. The van der Waals surface area contributed by atoms with E-state index < -0.39 is 0 Å². The van der Waals surface area contributed by atoms with Crippen molar-refractivity contribution < 1.29 is 9.53 Å². The van der Waals surface area contributed by atoms with Crippen LogP contribution in [0.1, 0.15) is 16.1 Å². The van der Waals surface area contributed by atoms with Gasteiger partial charge in [-0.15, -0.1) is 0 Å². The van der Waals surface area contributed by atoms with Crippen LogP contribution in [0, 0.1) is 0 Å². The summed E-state index contributed by atoms with van der Waals surface area (Å²) in [4.78, 5) is 16.8. The van der Waals surface area contributed by atoms with Crippen LogP contribution >= 0.6 is 0 Å². The molecule has 4 rings (SSSR count). The predicted octanol–water partition coefficient (Wildman–Crippen LogP) is 3.40. The van der Waals surface area contributed by atoms with Crippen LogP contribution in [0.2, 0.25) is 0 Å². The number of ether oxygens (including phenoxy) is 1. The number of hydrogen-bond donors (Lipinski definition) is 1. The molecule has 4 aromatic rings. The van der Waals surface area contributed by atoms with Crippen LogP contribution in [0.5, 0.6) is 5.75 Å². The Morgan fingerprint density at radius 1 is 1.11 bits per heavy atom. The molecule has 1 N–H and O–H groups in total. The zero-order valence-electron chi connectivity index (χ0n) is 15.5. The fourth-order valence-corrected chi connectivity index (χ4v) is 3.00. The van der Waals surface area contributed by atoms with Gasteiger partial charge < -0.3 is 10.1 Å². The Kier molecular flexibility index (Phi) is 5.01. The van der Waals surface area contributed by atoms with Gasteiger partial charge in [-0.1, -0.05) is 18.2 Å². The van der Waals surface area contributed by atoms with Gasteiger partial charge >= 0.3 is 0 Å². The summed E-state index contributed by atoms with van der Waals surface area (Å²) in [5.41, 5.74) is 3.33. The first kappa shape index (κ1) is 17.7. The Hall–Kier alpha value is -3.67. The monoisotopic (exact) mass is 372 g/mol. The van der Waals surface area contributed by atoms with E-state index in [9.17, 15) is 4.79 Å². The van der Waals surface area contributed by atoms with Gasteiger partial charge in [0.25, 0.3) is 5.91 Å². The van der Waals surface area contributed by atoms with E-state index in [1.165, 1.54) is 0 Å². The number of carbonyl (C=O) groups excluding carboxylic acids is 1. The van der Waals surface area contributed by atoms with Crippen molar-refractivity contribution in [2.75, 3.05) is 13.7 Å². The van der Waals surface area contributed by atoms with Crippen molar-refractivity contribution in [3.8, 4) is 11.4 Å². The third kappa shape index (κ3) is 3.86. The summed E-state index contributed by atoms with van der Waals surface area (Å²) >= 11 is 0. The first-order valence-electron chi connectivity index (χ1n) is 9.05. The Morgan fingerprint density at radius 2 is 1.96 bits per heavy atom. The van der Waals surface area contributed by atoms with Gasteiger partial charge in [-0.05, 0) is 54.4 Å². The van der Waals surface area contributed by atoms with Gasteiger partial charge in [0.2, 0.25) is 0 Å². The van der Waals surface area contributed by atoms with E-state index in [1.807, 2.05) is 65.5 Å². The largest absolute Gasteiger partial charge is 0.497 e. The molecule has 0 aliphatic carbocycles. The summed E-state index contributed by atoms with van der Waals surface area (Å²) in [6, 6.07) is 19.2. The highest BCUT2D eigenvalue weighted by Gasteiger charge is 2.08. The summed E-state index contributed by atoms with van der Waals surface area (Å²) in [5, 5.41) is 8.08. The van der Waals surface area contributed by atoms with Crippen LogP contribution in [0.3, 0.4) is 0 Å². The van der Waals surface area contributed by atoms with E-state index in [0.717, 1.165) is 34.3 Å². The zero-order chi connectivity index (χ0) is 19.3. The van der Waals surface area contributed by atoms with E-state index in [4.69, 9.17) is 4.74 Å². The van der Waals surface area contributed by atoms with Crippen molar-refractivity contribution in [1.82, 2.24) is 20.1 Å². The second-order valence-corrected chi connectivity index (χ2v) is 6.38. The lowest BCUT2D eigenvalue weighted by Gasteiger charge is -2.07. The van der Waals surface area contributed by atoms with Crippen molar-refractivity contribution in [3.05, 3.63) is 84.3 Å². The molecule has 0 atom stereocenters. The molecule has 2 heterocycles. The topological polar surface area (TPSA) is 69.0 Å². The van der Waals surface area contributed by atoms with E-state index in [2.05, 4.69) is 15.4 Å². The fourth-order valence-electron chi connectivity index (χ4n) is 3.00. The first-order chi connectivity index (χ1) is 13.7. The summed E-state index contributed by atoms with van der Waals surface area (Å²) in [6.07, 6.45) is 4.40. The van der Waals surface area contributed by atoms with Gasteiger partial charge in [0.1, 0.15) is 11.4 Å². The summed E-state index contributed by atoms with van der Waals surface area (Å²) in [6.45, 7) is 0.544. The van der Waals surface area contributed by atoms with Gasteiger partial charge in [-0.2, -0.15) is 5.10 Å². The second kappa shape index (κ2) is 7.92. The number of benzene rings is 2. The minimum Gasteiger partial charge on any atom is -0.497 e. The Bertz CT molecular complexity index is 1090. The average molecular weight is 372 g/mol. The van der Waals surface area contributed by atoms with Crippen LogP contribution in [-0.2, 0) is 6.42 Å². The lowest BCUT2D eigenvalue weighted by molar-refractivity contribution is 0.0949. The summed E-state index contributed by atoms with van der Waals surface area (Å²) in [7, 11) is 1.63. The van der Waals surface area contributed by atoms with E-state index in [1.54, 1.807) is 19.4 Å². The molecular weight excluding hydrogens is 352 g/mol. The lowest BCUT2D eigenvalue weighted by Crippen LogP contribution is -2.26. The van der Waals surface area contributed by atoms with Crippen LogP contribution in [0.4, 0.5) is 0 Å². The number of hydrogen-bond acceptors (Lipinski definition) is 4. The van der Waals surface area contributed by atoms with Crippen molar-refractivity contribution in [2.24, 2.45) is 0 Å². The number of nitrogens with one attached hydrogen (secondary N) is 1. The molecule has 28 heavy (non-hydrogen) atoms. The van der Waals surface area contributed by atoms with Crippen LogP contribution in [0.25, 0.3) is 16.6 Å². The summed E-state index contributed by atoms with van der Waals surface area (Å²) < 4.78 is 7.02. The number of aromatic nitrogens is 3. The molecular formula is C22H20N4O2. The van der Waals surface area contributed by atoms with Crippen LogP contribution in [-0.4, -0.2) is 34.3 Å². The number of nitrogens with zero attached hydrogens (tertiary/aromatic N) is 3. The highest BCUT2D eigenvalue weighted by atomic mass is 16.5. The van der Waals surface area contributed by atoms with Gasteiger partial charge in [0, 0.05) is 24.3 Å². The Labute approximate surface area is 162 Å². The molecule has 0 aliphatic rings. The molecule has 0 radical (unpaired) electrons. The minimum absolute atomic E-state index is 0.175. The SMILES string of the molecule is COc1ccc2nc(C(=O)NCCc3ccc(-n4cccn4)cc3)ccc2c1. The van der Waals surface area contributed by atoms with E-state index in [0.29, 0.717) is 12.2 Å². The lowest BCUT2D eigenvalue weighted by atomic mass is 10.1. The third-order valence-corrected chi connectivity index (χ3v) is 4.53. The molecule has 0 saturated heterocycles. The predicted molar refractivity (Wildman–Crippen MR) is 108 cm³/mol. The molecule has 2 aromatic heterocycles. The Morgan fingerprint density at radius 3 is 2.71 bits per heavy atom. The maximum atomic E-state index is 12.4. The van der Waals surface area contributed by atoms with Crippen molar-refractivity contribution >= 4 is 16.8 Å². The van der Waals surface area contributed by atoms with Gasteiger partial charge in [0.05, 0.1) is 18.3 Å². The number of pyridine rings is 1. The highest BCUT2D eigenvalue weighted by molar-refractivity contribution is 5.95. The highest BCUT2D eigenvalue weighted by Crippen LogP contribution is 2.19. The minimum atomic E-state index is -0.175. The average Bonchev–Trinajstić information content (AvgIpc) is 3.28. The van der Waals surface area contributed by atoms with Crippen LogP contribution in [0.15, 0.2) is 73.1 Å². The molecule has 0 fully saturated rings. The van der Waals surface area contributed by atoms with Crippen molar-refractivity contribution in [3.63, 3.8) is 0 Å². The molecule has 0 saturated carbocycles. The van der Waals surface area contributed by atoms with Crippen molar-refractivity contribution in [2.45, 2.75) is 6.42 Å². The number of rotatable bonds is 6. The summed E-state index contributed by atoms with van der Waals surface area (Å²) in [5.74, 6) is 0.593. The number of fused-ring (bicyclic) bond motifs is 1. The van der Waals surface area contributed by atoms with Crippen LogP contribution < -0.4 is 10.1 Å². The number of carbonyl (C=O) groups is 1. The van der Waals surface area contributed by atoms with E-state index >= 15 is 0 Å². The first-order valence-corrected chi connectivity index (χ1v) is 9.05. The standard InChI is InChI=1S/C22H20N4O2/c1-28-19-8-10-20-17(15-19)5-9-21(25-20)22(27)23-13-11-16-3-6-18(7-4-16)26-14-2-12-24-26/h2-10,12,14-15H,11,13H2,1H3,(H,23,27). The zero-order valence-corrected chi connectivity index (χ0v) is 15.5. The molecule has 6 heteroatoms. The molecule has 140 valence electrons. The molecule has 0 spiro atoms. The van der Waals surface area contributed by atoms with Gasteiger partial charge in [0.15, 0.2) is 0 Å². The van der Waals surface area contributed by atoms with E-state index in [-0.39, 0.29) is 5.91 Å². The maximum absolute atomic E-state index is 12.4. The Balaban J connectivity index is 1.36. The smallest absolute Gasteiger partial charge is 0.269 e. The molecule has 1 amide bonds. The van der Waals surface area contributed by atoms with Crippen molar-refractivity contribution in [1.29, 1.82) is 0 Å². The maximum Gasteiger partial charge on any atom is 0.269 e. The fraction of sp³-hybridized carbons (Fsp3) is 0.136. The molecule has 6 nitrogen and oxygen atoms in total. The molecule has 0 unspecified atom stereocenters. The van der Waals surface area contributed by atoms with Gasteiger partial charge in [-0.3, -0.25) is 4.79 Å². The number of methoxy groups -OCH3 is 1. The quantitative estimate of drug-likeness (QED) is 0.563. The number of amides is 1. The third-order valence-electron chi connectivity index (χ3n) is 4.53. The molecule has 0 aliphatic heterocycles. The molecule has 2 aromatic carbocycles. The second-order valence-electron chi connectivity index (χ2n) is 6.38.